The van der Waals surface area contributed by atoms with Crippen molar-refractivity contribution in [2.75, 3.05) is 0 Å². The Balaban J connectivity index is 2.31. The Hall–Kier alpha value is -1.67. The smallest absolute Gasteiger partial charge is 0.123 e. The summed E-state index contributed by atoms with van der Waals surface area (Å²) in [5.41, 5.74) is 4.95. The van der Waals surface area contributed by atoms with Crippen molar-refractivity contribution in [2.45, 2.75) is 33.3 Å². The summed E-state index contributed by atoms with van der Waals surface area (Å²) in [5.74, 6) is -0.255. The predicted molar refractivity (Wildman–Crippen MR) is 75.7 cm³/mol. The number of hydrogen-bond acceptors (Lipinski definition) is 1. The molecule has 0 saturated carbocycles. The summed E-state index contributed by atoms with van der Waals surface area (Å²) in [6.45, 7) is 5.92. The highest BCUT2D eigenvalue weighted by molar-refractivity contribution is 5.37. The van der Waals surface area contributed by atoms with Gasteiger partial charge in [0.15, 0.2) is 0 Å². The first-order chi connectivity index (χ1) is 8.99. The number of hydrogen-bond donors (Lipinski definition) is 1. The fourth-order valence-corrected chi connectivity index (χ4v) is 2.52. The zero-order valence-electron chi connectivity index (χ0n) is 11.6. The van der Waals surface area contributed by atoms with Gasteiger partial charge in [-0.2, -0.15) is 0 Å². The maximum Gasteiger partial charge on any atom is 0.123 e. The highest BCUT2D eigenvalue weighted by Gasteiger charge is 2.15. The lowest BCUT2D eigenvalue weighted by Crippen LogP contribution is -2.07. The molecule has 0 saturated heterocycles. The minimum absolute atomic E-state index is 0.255. The van der Waals surface area contributed by atoms with Crippen LogP contribution in [0.1, 0.15) is 33.9 Å². The molecule has 0 aliphatic rings. The van der Waals surface area contributed by atoms with Crippen LogP contribution in [0.5, 0.6) is 0 Å². The molecular formula is C17H19FO. The molecule has 0 fully saturated rings. The van der Waals surface area contributed by atoms with E-state index < -0.39 is 6.10 Å². The maximum atomic E-state index is 13.3. The molecule has 2 aromatic rings. The molecule has 2 rings (SSSR count). The molecule has 0 amide bonds. The largest absolute Gasteiger partial charge is 0.388 e. The molecule has 2 aromatic carbocycles. The highest BCUT2D eigenvalue weighted by Crippen LogP contribution is 2.26. The fourth-order valence-electron chi connectivity index (χ4n) is 2.52. The summed E-state index contributed by atoms with van der Waals surface area (Å²) in [5, 5.41) is 10.4. The lowest BCUT2D eigenvalue weighted by Gasteiger charge is -2.17. The van der Waals surface area contributed by atoms with Crippen LogP contribution in [0.3, 0.4) is 0 Å². The number of aliphatic hydroxyl groups excluding tert-OH is 1. The van der Waals surface area contributed by atoms with Crippen LogP contribution in [0.2, 0.25) is 0 Å². The average molecular weight is 258 g/mol. The third-order valence-corrected chi connectivity index (χ3v) is 3.60. The van der Waals surface area contributed by atoms with Gasteiger partial charge in [-0.25, -0.2) is 4.39 Å². The minimum atomic E-state index is -0.596. The van der Waals surface area contributed by atoms with E-state index in [4.69, 9.17) is 0 Å². The molecule has 100 valence electrons. The van der Waals surface area contributed by atoms with Crippen molar-refractivity contribution in [3.05, 3.63) is 70.0 Å². The molecule has 0 bridgehead atoms. The van der Waals surface area contributed by atoms with Gasteiger partial charge in [0.2, 0.25) is 0 Å². The van der Waals surface area contributed by atoms with Crippen molar-refractivity contribution in [1.29, 1.82) is 0 Å². The van der Waals surface area contributed by atoms with E-state index in [9.17, 15) is 9.50 Å². The monoisotopic (exact) mass is 258 g/mol. The lowest BCUT2D eigenvalue weighted by atomic mass is 9.92. The summed E-state index contributed by atoms with van der Waals surface area (Å²) < 4.78 is 13.3. The Morgan fingerprint density at radius 3 is 2.26 bits per heavy atom. The molecule has 0 aliphatic carbocycles. The second-order valence-electron chi connectivity index (χ2n) is 5.10. The fraction of sp³-hybridized carbons (Fsp3) is 0.294. The summed E-state index contributed by atoms with van der Waals surface area (Å²) in [4.78, 5) is 0. The van der Waals surface area contributed by atoms with Gasteiger partial charge in [-0.05, 0) is 60.7 Å². The summed E-state index contributed by atoms with van der Waals surface area (Å²) in [7, 11) is 0. The van der Waals surface area contributed by atoms with Crippen LogP contribution in [0.15, 0.2) is 36.4 Å². The van der Waals surface area contributed by atoms with Crippen LogP contribution in [0.25, 0.3) is 0 Å². The van der Waals surface area contributed by atoms with Crippen molar-refractivity contribution in [1.82, 2.24) is 0 Å². The summed E-state index contributed by atoms with van der Waals surface area (Å²) >= 11 is 0. The lowest BCUT2D eigenvalue weighted by molar-refractivity contribution is 0.176. The van der Waals surface area contributed by atoms with E-state index in [1.165, 1.54) is 12.1 Å². The molecule has 0 spiro atoms. The quantitative estimate of drug-likeness (QED) is 0.881. The first kappa shape index (κ1) is 13.8. The van der Waals surface area contributed by atoms with Gasteiger partial charge < -0.3 is 5.11 Å². The zero-order valence-corrected chi connectivity index (χ0v) is 11.6. The second-order valence-corrected chi connectivity index (χ2v) is 5.10. The molecule has 1 N–H and O–H groups in total. The van der Waals surface area contributed by atoms with Gasteiger partial charge in [0.05, 0.1) is 6.10 Å². The van der Waals surface area contributed by atoms with E-state index in [0.717, 1.165) is 27.8 Å². The molecule has 1 nitrogen and oxygen atoms in total. The Morgan fingerprint density at radius 2 is 1.63 bits per heavy atom. The zero-order chi connectivity index (χ0) is 14.0. The van der Waals surface area contributed by atoms with E-state index in [0.29, 0.717) is 6.42 Å². The first-order valence-corrected chi connectivity index (χ1v) is 6.48. The molecule has 0 heterocycles. The van der Waals surface area contributed by atoms with Crippen LogP contribution in [-0.2, 0) is 6.42 Å². The van der Waals surface area contributed by atoms with Crippen LogP contribution >= 0.6 is 0 Å². The number of halogens is 1. The third kappa shape index (κ3) is 3.02. The van der Waals surface area contributed by atoms with Gasteiger partial charge >= 0.3 is 0 Å². The average Bonchev–Trinajstić information content (AvgIpc) is 2.33. The van der Waals surface area contributed by atoms with Crippen LogP contribution in [0.4, 0.5) is 4.39 Å². The number of benzene rings is 2. The molecule has 1 atom stereocenters. The normalized spacial score (nSPS) is 12.5. The first-order valence-electron chi connectivity index (χ1n) is 6.48. The number of aliphatic hydroxyl groups is 1. The van der Waals surface area contributed by atoms with E-state index >= 15 is 0 Å². The van der Waals surface area contributed by atoms with E-state index in [-0.39, 0.29) is 5.82 Å². The molecule has 2 heteroatoms. The molecule has 0 radical (unpaired) electrons. The van der Waals surface area contributed by atoms with Gasteiger partial charge in [0, 0.05) is 6.42 Å². The Bertz CT molecular complexity index is 570. The van der Waals surface area contributed by atoms with Crippen molar-refractivity contribution in [2.24, 2.45) is 0 Å². The van der Waals surface area contributed by atoms with Crippen LogP contribution < -0.4 is 0 Å². The van der Waals surface area contributed by atoms with Gasteiger partial charge in [-0.1, -0.05) is 24.3 Å². The Kier molecular flexibility index (Phi) is 4.01. The number of aryl methyl sites for hydroxylation is 3. The van der Waals surface area contributed by atoms with Gasteiger partial charge in [0.1, 0.15) is 5.82 Å². The Morgan fingerprint density at radius 1 is 1.00 bits per heavy atom. The predicted octanol–water partition coefficient (Wildman–Crippen LogP) is 4.03. The van der Waals surface area contributed by atoms with Crippen molar-refractivity contribution < 1.29 is 9.50 Å². The summed E-state index contributed by atoms with van der Waals surface area (Å²) in [6, 6.07) is 10.7. The van der Waals surface area contributed by atoms with Crippen molar-refractivity contribution in [3.8, 4) is 0 Å². The molecule has 19 heavy (non-hydrogen) atoms. The van der Waals surface area contributed by atoms with E-state index in [1.807, 2.05) is 39.0 Å². The Labute approximate surface area is 113 Å². The SMILES string of the molecule is Cc1ccc(F)cc1CC(O)c1c(C)cccc1C. The van der Waals surface area contributed by atoms with Crippen molar-refractivity contribution >= 4 is 0 Å². The van der Waals surface area contributed by atoms with Crippen LogP contribution in [0, 0.1) is 26.6 Å². The topological polar surface area (TPSA) is 20.2 Å². The maximum absolute atomic E-state index is 13.3. The van der Waals surface area contributed by atoms with Gasteiger partial charge in [-0.3, -0.25) is 0 Å². The van der Waals surface area contributed by atoms with Gasteiger partial charge in [-0.15, -0.1) is 0 Å². The molecule has 0 aromatic heterocycles. The third-order valence-electron chi connectivity index (χ3n) is 3.60. The van der Waals surface area contributed by atoms with Crippen LogP contribution in [-0.4, -0.2) is 5.11 Å². The minimum Gasteiger partial charge on any atom is -0.388 e. The molecule has 0 aliphatic heterocycles. The van der Waals surface area contributed by atoms with Gasteiger partial charge in [0.25, 0.3) is 0 Å². The second kappa shape index (κ2) is 5.54. The molecular weight excluding hydrogens is 239 g/mol. The number of rotatable bonds is 3. The molecule has 1 unspecified atom stereocenters. The van der Waals surface area contributed by atoms with Crippen molar-refractivity contribution in [3.63, 3.8) is 0 Å². The summed E-state index contributed by atoms with van der Waals surface area (Å²) in [6.07, 6.45) is -0.156. The van der Waals surface area contributed by atoms with E-state index in [1.54, 1.807) is 6.07 Å². The highest BCUT2D eigenvalue weighted by atomic mass is 19.1. The van der Waals surface area contributed by atoms with E-state index in [2.05, 4.69) is 0 Å². The standard InChI is InChI=1S/C17H19FO/c1-11-7-8-15(18)9-14(11)10-16(19)17-12(2)5-4-6-13(17)3/h4-9,16,19H,10H2,1-3H3.